The van der Waals surface area contributed by atoms with E-state index in [1.807, 2.05) is 6.92 Å². The lowest BCUT2D eigenvalue weighted by Gasteiger charge is -2.19. The van der Waals surface area contributed by atoms with Crippen molar-refractivity contribution in [2.24, 2.45) is 0 Å². The summed E-state index contributed by atoms with van der Waals surface area (Å²) in [4.78, 5) is 37.8. The van der Waals surface area contributed by atoms with Gasteiger partial charge in [0, 0.05) is 18.1 Å². The first-order valence-electron chi connectivity index (χ1n) is 13.3. The van der Waals surface area contributed by atoms with Crippen LogP contribution in [0.3, 0.4) is 0 Å². The van der Waals surface area contributed by atoms with Gasteiger partial charge in [-0.05, 0) is 59.5 Å². The molecule has 0 unspecified atom stereocenters. The molecule has 0 fully saturated rings. The first-order valence-corrected chi connectivity index (χ1v) is 13.3. The molecule has 6 N–H and O–H groups in total. The van der Waals surface area contributed by atoms with Gasteiger partial charge in [0.2, 0.25) is 6.10 Å². The zero-order valence-corrected chi connectivity index (χ0v) is 23.0. The molecule has 1 aliphatic heterocycles. The van der Waals surface area contributed by atoms with Gasteiger partial charge in [0.25, 0.3) is 0 Å². The minimum Gasteiger partial charge on any atom is -0.504 e. The molecule has 226 valence electrons. The van der Waals surface area contributed by atoms with Crippen molar-refractivity contribution in [1.29, 1.82) is 0 Å². The van der Waals surface area contributed by atoms with Crippen LogP contribution in [0.4, 0.5) is 0 Å². The van der Waals surface area contributed by atoms with Crippen molar-refractivity contribution < 1.29 is 59.2 Å². The average molecular weight is 595 g/mol. The number of unbranched alkanes of at least 4 members (excludes halogenated alkanes) is 1. The summed E-state index contributed by atoms with van der Waals surface area (Å²) in [5.41, 5.74) is 1.06. The number of fused-ring (bicyclic) bond motifs is 1. The summed E-state index contributed by atoms with van der Waals surface area (Å²) >= 11 is 0. The van der Waals surface area contributed by atoms with E-state index in [9.17, 15) is 45.0 Å². The number of hydrogen-bond donors (Lipinski definition) is 6. The van der Waals surface area contributed by atoms with Crippen LogP contribution in [-0.4, -0.2) is 61.3 Å². The van der Waals surface area contributed by atoms with Crippen molar-refractivity contribution in [3.8, 4) is 34.5 Å². The molecular formula is C31H30O12. The van der Waals surface area contributed by atoms with Crippen LogP contribution in [0.1, 0.15) is 54.0 Å². The standard InChI is InChI=1S/C31H30O12/c1-2-3-12-41-31(40)27-26-17(5-10-21(34)29(26)43-28(27)18-6-9-20(33)23(36)15-18)7-11-25(37)42-24(30(38)39)14-16-4-8-19(32)22(35)13-16/h4-11,13,15,24,27-28,32-36H,2-3,12,14H2,1H3,(H,38,39)/t24-,27+,28-/m1/s1. The zero-order chi connectivity index (χ0) is 31.3. The van der Waals surface area contributed by atoms with Crippen LogP contribution in [0.25, 0.3) is 6.08 Å². The van der Waals surface area contributed by atoms with Gasteiger partial charge >= 0.3 is 17.9 Å². The predicted molar refractivity (Wildman–Crippen MR) is 150 cm³/mol. The van der Waals surface area contributed by atoms with E-state index >= 15 is 0 Å². The molecule has 12 heteroatoms. The van der Waals surface area contributed by atoms with Crippen molar-refractivity contribution in [2.45, 2.75) is 44.3 Å². The molecule has 0 spiro atoms. The molecule has 1 aliphatic rings. The summed E-state index contributed by atoms with van der Waals surface area (Å²) in [6.45, 7) is 2.05. The van der Waals surface area contributed by atoms with Gasteiger partial charge < -0.3 is 44.8 Å². The second-order valence-corrected chi connectivity index (χ2v) is 9.83. The van der Waals surface area contributed by atoms with E-state index in [1.165, 1.54) is 48.5 Å². The number of carbonyl (C=O) groups excluding carboxylic acids is 2. The maximum Gasteiger partial charge on any atom is 0.345 e. The molecule has 0 saturated heterocycles. The fourth-order valence-electron chi connectivity index (χ4n) is 4.59. The monoisotopic (exact) mass is 594 g/mol. The lowest BCUT2D eigenvalue weighted by atomic mass is 9.87. The Morgan fingerprint density at radius 3 is 2.23 bits per heavy atom. The van der Waals surface area contributed by atoms with Crippen LogP contribution >= 0.6 is 0 Å². The fourth-order valence-corrected chi connectivity index (χ4v) is 4.59. The summed E-state index contributed by atoms with van der Waals surface area (Å²) in [7, 11) is 0. The first kappa shape index (κ1) is 30.6. The largest absolute Gasteiger partial charge is 0.504 e. The van der Waals surface area contributed by atoms with E-state index in [0.717, 1.165) is 18.6 Å². The molecule has 0 aromatic heterocycles. The molecule has 0 aliphatic carbocycles. The van der Waals surface area contributed by atoms with E-state index in [4.69, 9.17) is 14.2 Å². The van der Waals surface area contributed by atoms with Crippen LogP contribution in [0.2, 0.25) is 0 Å². The van der Waals surface area contributed by atoms with Gasteiger partial charge in [-0.2, -0.15) is 0 Å². The summed E-state index contributed by atoms with van der Waals surface area (Å²) in [5.74, 6) is -6.33. The summed E-state index contributed by atoms with van der Waals surface area (Å²) in [6, 6.07) is 10.3. The number of carboxylic acid groups (broad SMARTS) is 1. The Kier molecular flexibility index (Phi) is 9.29. The summed E-state index contributed by atoms with van der Waals surface area (Å²) in [5, 5.41) is 59.1. The molecule has 3 atom stereocenters. The smallest absolute Gasteiger partial charge is 0.345 e. The third-order valence-corrected chi connectivity index (χ3v) is 6.79. The quantitative estimate of drug-likeness (QED) is 0.0807. The van der Waals surface area contributed by atoms with E-state index in [1.54, 1.807) is 0 Å². The highest BCUT2D eigenvalue weighted by atomic mass is 16.6. The van der Waals surface area contributed by atoms with Crippen LogP contribution in [0.15, 0.2) is 54.6 Å². The maximum absolute atomic E-state index is 13.3. The Balaban J connectivity index is 1.63. The number of carboxylic acids is 1. The lowest BCUT2D eigenvalue weighted by molar-refractivity contribution is -0.160. The highest BCUT2D eigenvalue weighted by molar-refractivity contribution is 5.91. The summed E-state index contributed by atoms with van der Waals surface area (Å²) in [6.07, 6.45) is 0.614. The Bertz CT molecular complexity index is 1560. The minimum absolute atomic E-state index is 0.0546. The van der Waals surface area contributed by atoms with Gasteiger partial charge in [-0.3, -0.25) is 4.79 Å². The Morgan fingerprint density at radius 1 is 0.907 bits per heavy atom. The van der Waals surface area contributed by atoms with Crippen LogP contribution < -0.4 is 4.74 Å². The van der Waals surface area contributed by atoms with Gasteiger partial charge in [0.15, 0.2) is 34.5 Å². The number of aromatic hydroxyl groups is 5. The molecule has 0 saturated carbocycles. The van der Waals surface area contributed by atoms with Gasteiger partial charge in [0.05, 0.1) is 6.61 Å². The SMILES string of the molecule is CCCCOC(=O)[C@H]1c2c(C=CC(=O)O[C@H](Cc3ccc(O)c(O)c3)C(=O)O)ccc(O)c2O[C@@H]1c1ccc(O)c(O)c1. The average Bonchev–Trinajstić information content (AvgIpc) is 3.37. The molecule has 3 aromatic carbocycles. The highest BCUT2D eigenvalue weighted by Crippen LogP contribution is 2.53. The predicted octanol–water partition coefficient (Wildman–Crippen LogP) is 4.03. The zero-order valence-electron chi connectivity index (χ0n) is 23.0. The lowest BCUT2D eigenvalue weighted by Crippen LogP contribution is -2.28. The van der Waals surface area contributed by atoms with E-state index in [0.29, 0.717) is 17.5 Å². The van der Waals surface area contributed by atoms with E-state index in [2.05, 4.69) is 0 Å². The van der Waals surface area contributed by atoms with Crippen molar-refractivity contribution in [3.63, 3.8) is 0 Å². The van der Waals surface area contributed by atoms with Gasteiger partial charge in [-0.25, -0.2) is 9.59 Å². The van der Waals surface area contributed by atoms with Crippen molar-refractivity contribution in [1.82, 2.24) is 0 Å². The number of phenols is 5. The molecule has 3 aromatic rings. The number of benzene rings is 3. The normalized spacial score (nSPS) is 16.3. The van der Waals surface area contributed by atoms with Gasteiger partial charge in [-0.15, -0.1) is 0 Å². The van der Waals surface area contributed by atoms with Crippen molar-refractivity contribution in [2.75, 3.05) is 6.61 Å². The second kappa shape index (κ2) is 13.1. The third-order valence-electron chi connectivity index (χ3n) is 6.79. The van der Waals surface area contributed by atoms with Gasteiger partial charge in [-0.1, -0.05) is 31.5 Å². The number of hydrogen-bond acceptors (Lipinski definition) is 11. The molecule has 4 rings (SSSR count). The molecule has 0 radical (unpaired) electrons. The number of aliphatic carboxylic acids is 1. The van der Waals surface area contributed by atoms with E-state index < -0.39 is 53.3 Å². The minimum atomic E-state index is -1.62. The number of rotatable bonds is 11. The van der Waals surface area contributed by atoms with Crippen molar-refractivity contribution in [3.05, 3.63) is 76.9 Å². The summed E-state index contributed by atoms with van der Waals surface area (Å²) < 4.78 is 16.6. The van der Waals surface area contributed by atoms with Crippen LogP contribution in [-0.2, 0) is 30.3 Å². The number of phenolic OH excluding ortho intramolecular Hbond substituents is 5. The van der Waals surface area contributed by atoms with E-state index in [-0.39, 0.29) is 41.4 Å². The maximum atomic E-state index is 13.3. The molecular weight excluding hydrogens is 564 g/mol. The molecule has 12 nitrogen and oxygen atoms in total. The Labute approximate surface area is 245 Å². The van der Waals surface area contributed by atoms with Crippen molar-refractivity contribution >= 4 is 24.0 Å². The van der Waals surface area contributed by atoms with Crippen LogP contribution in [0, 0.1) is 0 Å². The topological polar surface area (TPSA) is 200 Å². The Morgan fingerprint density at radius 2 is 1.58 bits per heavy atom. The molecule has 1 heterocycles. The van der Waals surface area contributed by atoms with Crippen LogP contribution in [0.5, 0.6) is 34.5 Å². The van der Waals surface area contributed by atoms with Gasteiger partial charge in [0.1, 0.15) is 12.0 Å². The highest BCUT2D eigenvalue weighted by Gasteiger charge is 2.44. The molecule has 0 amide bonds. The number of esters is 2. The fraction of sp³-hybridized carbons (Fsp3) is 0.258. The number of carbonyl (C=O) groups is 3. The third kappa shape index (κ3) is 6.92. The molecule has 0 bridgehead atoms. The Hall–Kier alpha value is -5.39. The molecule has 43 heavy (non-hydrogen) atoms. The first-order chi connectivity index (χ1) is 20.5. The second-order valence-electron chi connectivity index (χ2n) is 9.83. The number of ether oxygens (including phenoxy) is 3.